The molecule has 1 saturated heterocycles. The van der Waals surface area contributed by atoms with E-state index in [1.165, 1.54) is 0 Å². The van der Waals surface area contributed by atoms with Crippen LogP contribution in [0.3, 0.4) is 0 Å². The molecule has 2 fully saturated rings. The zero-order valence-electron chi connectivity index (χ0n) is 14.5. The average molecular weight is 328 g/mol. The summed E-state index contributed by atoms with van der Waals surface area (Å²) in [4.78, 5) is 24.2. The van der Waals surface area contributed by atoms with Gasteiger partial charge in [-0.25, -0.2) is 9.59 Å². The summed E-state index contributed by atoms with van der Waals surface area (Å²) in [5.41, 5.74) is 1.73. The number of carbonyl (C=O) groups is 2. The quantitative estimate of drug-likeness (QED) is 0.575. The fourth-order valence-electron chi connectivity index (χ4n) is 4.26. The van der Waals surface area contributed by atoms with Gasteiger partial charge < -0.3 is 9.47 Å². The molecule has 0 aromatic heterocycles. The van der Waals surface area contributed by atoms with Gasteiger partial charge >= 0.3 is 11.9 Å². The van der Waals surface area contributed by atoms with Crippen molar-refractivity contribution in [3.63, 3.8) is 0 Å². The first-order valence-electron chi connectivity index (χ1n) is 8.40. The van der Waals surface area contributed by atoms with Gasteiger partial charge in [0.15, 0.2) is 0 Å². The number of rotatable bonds is 2. The van der Waals surface area contributed by atoms with E-state index < -0.39 is 0 Å². The molecule has 24 heavy (non-hydrogen) atoms. The molecule has 5 atom stereocenters. The summed E-state index contributed by atoms with van der Waals surface area (Å²) < 4.78 is 11.4. The summed E-state index contributed by atoms with van der Waals surface area (Å²) in [6, 6.07) is 0. The minimum Gasteiger partial charge on any atom is -0.458 e. The largest absolute Gasteiger partial charge is 0.458 e. The second-order valence-electron chi connectivity index (χ2n) is 7.26. The van der Waals surface area contributed by atoms with Crippen molar-refractivity contribution in [1.82, 2.24) is 0 Å². The summed E-state index contributed by atoms with van der Waals surface area (Å²) in [5.74, 6) is -0.648. The van der Waals surface area contributed by atoms with Crippen molar-refractivity contribution in [3.8, 4) is 0 Å². The second kappa shape index (κ2) is 5.76. The van der Waals surface area contributed by atoms with Gasteiger partial charge in [0.05, 0.1) is 0 Å². The minimum absolute atomic E-state index is 0.0347. The van der Waals surface area contributed by atoms with Gasteiger partial charge in [0.1, 0.15) is 12.2 Å². The number of esters is 2. The fourth-order valence-corrected chi connectivity index (χ4v) is 4.26. The van der Waals surface area contributed by atoms with Gasteiger partial charge in [0.2, 0.25) is 0 Å². The van der Waals surface area contributed by atoms with E-state index >= 15 is 0 Å². The zero-order chi connectivity index (χ0) is 17.6. The van der Waals surface area contributed by atoms with Crippen molar-refractivity contribution in [2.24, 2.45) is 17.3 Å². The molecule has 0 aromatic rings. The third-order valence-electron chi connectivity index (χ3n) is 5.91. The van der Waals surface area contributed by atoms with Gasteiger partial charge in [-0.3, -0.25) is 0 Å². The van der Waals surface area contributed by atoms with Gasteiger partial charge in [0.25, 0.3) is 0 Å². The van der Waals surface area contributed by atoms with Crippen LogP contribution in [0.25, 0.3) is 0 Å². The lowest BCUT2D eigenvalue weighted by molar-refractivity contribution is -0.160. The number of ether oxygens (including phenoxy) is 2. The molecule has 2 aliphatic carbocycles. The lowest BCUT2D eigenvalue weighted by atomic mass is 9.56. The lowest BCUT2D eigenvalue weighted by Crippen LogP contribution is -2.52. The first-order valence-corrected chi connectivity index (χ1v) is 8.40. The van der Waals surface area contributed by atoms with E-state index in [1.807, 2.05) is 19.1 Å². The Morgan fingerprint density at radius 1 is 1.46 bits per heavy atom. The summed E-state index contributed by atoms with van der Waals surface area (Å²) in [6.45, 7) is 13.7. The molecule has 0 spiro atoms. The predicted octanol–water partition coefficient (Wildman–Crippen LogP) is 3.50. The topological polar surface area (TPSA) is 52.6 Å². The van der Waals surface area contributed by atoms with Crippen LogP contribution < -0.4 is 0 Å². The summed E-state index contributed by atoms with van der Waals surface area (Å²) in [7, 11) is 0. The molecule has 5 unspecified atom stereocenters. The van der Waals surface area contributed by atoms with Gasteiger partial charge in [-0.05, 0) is 38.3 Å². The molecule has 128 valence electrons. The molecule has 3 aliphatic rings. The molecule has 4 nitrogen and oxygen atoms in total. The standard InChI is InChI=1S/C20H24O4/c1-6-11(2)18(21)23-15-8-7-12(3)16-17-14(9-10-20(15,16)5)13(4)19(22)24-17/h6-8,14-17H,3-4,9-10H2,1-2,5H3. The highest BCUT2D eigenvalue weighted by Crippen LogP contribution is 2.56. The minimum atomic E-state index is -0.357. The number of hydrogen-bond donors (Lipinski definition) is 0. The summed E-state index contributed by atoms with van der Waals surface area (Å²) >= 11 is 0. The van der Waals surface area contributed by atoms with Gasteiger partial charge in [-0.15, -0.1) is 0 Å². The molecule has 4 heteroatoms. The third-order valence-corrected chi connectivity index (χ3v) is 5.91. The lowest BCUT2D eigenvalue weighted by Gasteiger charge is -2.51. The highest BCUT2D eigenvalue weighted by atomic mass is 16.6. The highest BCUT2D eigenvalue weighted by molar-refractivity contribution is 5.91. The zero-order valence-corrected chi connectivity index (χ0v) is 14.5. The highest BCUT2D eigenvalue weighted by Gasteiger charge is 2.58. The Morgan fingerprint density at radius 2 is 2.17 bits per heavy atom. The Hall–Kier alpha value is -2.10. The van der Waals surface area contributed by atoms with Crippen LogP contribution in [0.4, 0.5) is 0 Å². The van der Waals surface area contributed by atoms with Crippen LogP contribution in [0.1, 0.15) is 33.6 Å². The molecule has 1 heterocycles. The molecule has 1 aliphatic heterocycles. The Bertz CT molecular complexity index is 684. The van der Waals surface area contributed by atoms with Crippen molar-refractivity contribution in [2.75, 3.05) is 0 Å². The Morgan fingerprint density at radius 3 is 2.83 bits per heavy atom. The molecule has 1 saturated carbocycles. The maximum Gasteiger partial charge on any atom is 0.334 e. The number of carbonyl (C=O) groups excluding carboxylic acids is 2. The predicted molar refractivity (Wildman–Crippen MR) is 90.9 cm³/mol. The Balaban J connectivity index is 1.93. The first kappa shape index (κ1) is 16.7. The molecule has 0 N–H and O–H groups in total. The number of hydrogen-bond acceptors (Lipinski definition) is 4. The van der Waals surface area contributed by atoms with Crippen LogP contribution in [0, 0.1) is 17.3 Å². The second-order valence-corrected chi connectivity index (χ2v) is 7.26. The summed E-state index contributed by atoms with van der Waals surface area (Å²) in [6.07, 6.45) is 6.56. The maximum absolute atomic E-state index is 12.2. The fraction of sp³-hybridized carbons (Fsp3) is 0.500. The van der Waals surface area contributed by atoms with Crippen molar-refractivity contribution < 1.29 is 19.1 Å². The van der Waals surface area contributed by atoms with Gasteiger partial charge in [0, 0.05) is 28.4 Å². The molecule has 0 bridgehead atoms. The molecule has 0 radical (unpaired) electrons. The SMILES string of the molecule is C=C1C(=O)OC2C1CCC1(C)C(OC(=O)C(C)=CC)C=CC(=C)C21. The van der Waals surface area contributed by atoms with E-state index in [1.54, 1.807) is 13.0 Å². The van der Waals surface area contributed by atoms with Crippen LogP contribution >= 0.6 is 0 Å². The number of allylic oxidation sites excluding steroid dienone is 2. The Labute approximate surface area is 142 Å². The molecule has 0 amide bonds. The van der Waals surface area contributed by atoms with Gasteiger partial charge in [-0.1, -0.05) is 32.2 Å². The molecule has 0 aromatic carbocycles. The van der Waals surface area contributed by atoms with Crippen molar-refractivity contribution in [3.05, 3.63) is 48.1 Å². The van der Waals surface area contributed by atoms with Crippen molar-refractivity contribution in [2.45, 2.75) is 45.8 Å². The van der Waals surface area contributed by atoms with Crippen molar-refractivity contribution in [1.29, 1.82) is 0 Å². The summed E-state index contributed by atoms with van der Waals surface area (Å²) in [5, 5.41) is 0. The van der Waals surface area contributed by atoms with E-state index in [0.29, 0.717) is 11.1 Å². The first-order chi connectivity index (χ1) is 11.3. The van der Waals surface area contributed by atoms with E-state index in [9.17, 15) is 9.59 Å². The average Bonchev–Trinajstić information content (AvgIpc) is 2.83. The van der Waals surface area contributed by atoms with E-state index in [0.717, 1.165) is 18.4 Å². The normalized spacial score (nSPS) is 38.5. The van der Waals surface area contributed by atoms with Crippen LogP contribution in [-0.4, -0.2) is 24.1 Å². The Kier molecular flexibility index (Phi) is 4.02. The van der Waals surface area contributed by atoms with E-state index in [4.69, 9.17) is 9.47 Å². The van der Waals surface area contributed by atoms with Crippen LogP contribution in [0.5, 0.6) is 0 Å². The molecule has 3 rings (SSSR count). The van der Waals surface area contributed by atoms with E-state index in [-0.39, 0.29) is 41.4 Å². The molecular formula is C20H24O4. The van der Waals surface area contributed by atoms with Crippen LogP contribution in [0.2, 0.25) is 0 Å². The van der Waals surface area contributed by atoms with E-state index in [2.05, 4.69) is 20.1 Å². The van der Waals surface area contributed by atoms with Crippen LogP contribution in [-0.2, 0) is 19.1 Å². The molecular weight excluding hydrogens is 304 g/mol. The monoisotopic (exact) mass is 328 g/mol. The number of fused-ring (bicyclic) bond motifs is 3. The third kappa shape index (κ3) is 2.36. The maximum atomic E-state index is 12.2. The van der Waals surface area contributed by atoms with Crippen LogP contribution in [0.15, 0.2) is 48.1 Å². The smallest absolute Gasteiger partial charge is 0.334 e. The van der Waals surface area contributed by atoms with Gasteiger partial charge in [-0.2, -0.15) is 0 Å². The van der Waals surface area contributed by atoms with Crippen molar-refractivity contribution >= 4 is 11.9 Å².